The average Bonchev–Trinajstić information content (AvgIpc) is 2.36. The van der Waals surface area contributed by atoms with Crippen molar-refractivity contribution in [2.75, 3.05) is 5.32 Å². The highest BCUT2D eigenvalue weighted by molar-refractivity contribution is 9.10. The van der Waals surface area contributed by atoms with E-state index in [9.17, 15) is 9.90 Å². The van der Waals surface area contributed by atoms with Gasteiger partial charge in [-0.05, 0) is 62.2 Å². The number of phenolic OH excluding ortho intramolecular Hbond substituents is 1. The van der Waals surface area contributed by atoms with E-state index in [-0.39, 0.29) is 5.75 Å². The van der Waals surface area contributed by atoms with Crippen molar-refractivity contribution in [1.29, 1.82) is 0 Å². The van der Waals surface area contributed by atoms with Crippen molar-refractivity contribution in [3.05, 3.63) is 46.9 Å². The van der Waals surface area contributed by atoms with Gasteiger partial charge in [-0.25, -0.2) is 4.79 Å². The van der Waals surface area contributed by atoms with Crippen LogP contribution in [0.4, 0.5) is 10.5 Å². The Labute approximate surface area is 138 Å². The zero-order valence-corrected chi connectivity index (χ0v) is 14.3. The van der Waals surface area contributed by atoms with Crippen LogP contribution in [-0.2, 0) is 4.74 Å². The molecule has 0 fully saturated rings. The van der Waals surface area contributed by atoms with Gasteiger partial charge in [0.2, 0.25) is 0 Å². The molecule has 0 atom stereocenters. The molecular weight excluding hydrogens is 346 g/mol. The Morgan fingerprint density at radius 2 is 1.73 bits per heavy atom. The van der Waals surface area contributed by atoms with Crippen LogP contribution in [0, 0.1) is 0 Å². The summed E-state index contributed by atoms with van der Waals surface area (Å²) in [7, 11) is 0. The van der Waals surface area contributed by atoms with Crippen LogP contribution < -0.4 is 5.32 Å². The number of nitrogens with one attached hydrogen (secondary N) is 1. The van der Waals surface area contributed by atoms with E-state index < -0.39 is 11.7 Å². The normalized spacial score (nSPS) is 11.1. The number of carbonyl (C=O) groups excluding carboxylic acids is 1. The molecule has 22 heavy (non-hydrogen) atoms. The number of halogens is 1. The first-order chi connectivity index (χ1) is 10.2. The Hall–Kier alpha value is -2.01. The number of rotatable bonds is 2. The summed E-state index contributed by atoms with van der Waals surface area (Å²) in [5.41, 5.74) is 1.94. The maximum Gasteiger partial charge on any atom is 0.412 e. The fourth-order valence-corrected chi connectivity index (χ4v) is 2.39. The van der Waals surface area contributed by atoms with Crippen LogP contribution in [0.15, 0.2) is 46.9 Å². The van der Waals surface area contributed by atoms with Gasteiger partial charge in [-0.3, -0.25) is 5.32 Å². The molecule has 2 aromatic rings. The molecule has 0 bridgehead atoms. The van der Waals surface area contributed by atoms with Crippen molar-refractivity contribution in [2.45, 2.75) is 26.4 Å². The van der Waals surface area contributed by atoms with Gasteiger partial charge in [0.25, 0.3) is 0 Å². The Balaban J connectivity index is 2.12. The van der Waals surface area contributed by atoms with Crippen LogP contribution in [-0.4, -0.2) is 16.8 Å². The van der Waals surface area contributed by atoms with Crippen LogP contribution in [0.3, 0.4) is 0 Å². The fourth-order valence-electron chi connectivity index (χ4n) is 1.91. The lowest BCUT2D eigenvalue weighted by molar-refractivity contribution is 0.0636. The Kier molecular flexibility index (Phi) is 4.76. The molecule has 2 aromatic carbocycles. The molecule has 0 radical (unpaired) electrons. The predicted octanol–water partition coefficient (Wildman–Crippen LogP) is 5.17. The Morgan fingerprint density at radius 3 is 2.27 bits per heavy atom. The number of hydrogen-bond donors (Lipinski definition) is 2. The van der Waals surface area contributed by atoms with Crippen LogP contribution in [0.5, 0.6) is 5.75 Å². The summed E-state index contributed by atoms with van der Waals surface area (Å²) < 4.78 is 6.00. The SMILES string of the molecule is CC(C)(C)OC(=O)Nc1ccc(-c2cc(O)cc(Br)c2)cc1. The lowest BCUT2D eigenvalue weighted by Crippen LogP contribution is -2.27. The molecule has 2 N–H and O–H groups in total. The Bertz CT molecular complexity index is 655. The molecule has 0 aliphatic carbocycles. The predicted molar refractivity (Wildman–Crippen MR) is 91.1 cm³/mol. The van der Waals surface area contributed by atoms with E-state index in [1.807, 2.05) is 39.0 Å². The number of hydrogen-bond acceptors (Lipinski definition) is 3. The van der Waals surface area contributed by atoms with E-state index in [1.54, 1.807) is 24.3 Å². The van der Waals surface area contributed by atoms with Gasteiger partial charge in [0.05, 0.1) is 0 Å². The second-order valence-corrected chi connectivity index (χ2v) is 6.82. The molecule has 5 heteroatoms. The van der Waals surface area contributed by atoms with Crippen molar-refractivity contribution in [2.24, 2.45) is 0 Å². The van der Waals surface area contributed by atoms with Crippen molar-refractivity contribution in [3.8, 4) is 16.9 Å². The molecular formula is C17H18BrNO3. The standard InChI is InChI=1S/C17H18BrNO3/c1-17(2,3)22-16(21)19-14-6-4-11(5-7-14)12-8-13(18)10-15(20)9-12/h4-10,20H,1-3H3,(H,19,21). The van der Waals surface area contributed by atoms with Gasteiger partial charge in [-0.15, -0.1) is 0 Å². The number of carbonyl (C=O) groups is 1. The highest BCUT2D eigenvalue weighted by atomic mass is 79.9. The summed E-state index contributed by atoms with van der Waals surface area (Å²) in [6.07, 6.45) is -0.486. The first kappa shape index (κ1) is 16.4. The van der Waals surface area contributed by atoms with E-state index in [4.69, 9.17) is 4.74 Å². The molecule has 4 nitrogen and oxygen atoms in total. The molecule has 2 rings (SSSR count). The van der Waals surface area contributed by atoms with Crippen molar-refractivity contribution < 1.29 is 14.6 Å². The molecule has 116 valence electrons. The van der Waals surface area contributed by atoms with Crippen LogP contribution >= 0.6 is 15.9 Å². The maximum atomic E-state index is 11.7. The van der Waals surface area contributed by atoms with E-state index in [0.29, 0.717) is 5.69 Å². The number of aromatic hydroxyl groups is 1. The highest BCUT2D eigenvalue weighted by Gasteiger charge is 2.16. The smallest absolute Gasteiger partial charge is 0.412 e. The minimum Gasteiger partial charge on any atom is -0.508 e. The molecule has 0 unspecified atom stereocenters. The summed E-state index contributed by atoms with van der Waals surface area (Å²) in [5.74, 6) is 0.195. The first-order valence-electron chi connectivity index (χ1n) is 6.83. The van der Waals surface area contributed by atoms with Crippen LogP contribution in [0.25, 0.3) is 11.1 Å². The van der Waals surface area contributed by atoms with Gasteiger partial charge in [-0.2, -0.15) is 0 Å². The first-order valence-corrected chi connectivity index (χ1v) is 7.62. The lowest BCUT2D eigenvalue weighted by atomic mass is 10.1. The molecule has 0 aliphatic rings. The molecule has 1 amide bonds. The monoisotopic (exact) mass is 363 g/mol. The Morgan fingerprint density at radius 1 is 1.09 bits per heavy atom. The van der Waals surface area contributed by atoms with Gasteiger partial charge in [0.1, 0.15) is 11.4 Å². The molecule has 0 heterocycles. The fraction of sp³-hybridized carbons (Fsp3) is 0.235. The molecule has 0 saturated carbocycles. The third-order valence-electron chi connectivity index (χ3n) is 2.75. The number of anilines is 1. The highest BCUT2D eigenvalue weighted by Crippen LogP contribution is 2.28. The van der Waals surface area contributed by atoms with E-state index in [2.05, 4.69) is 21.2 Å². The van der Waals surface area contributed by atoms with Gasteiger partial charge in [0.15, 0.2) is 0 Å². The third kappa shape index (κ3) is 4.77. The molecule has 0 saturated heterocycles. The van der Waals surface area contributed by atoms with Crippen LogP contribution in [0.2, 0.25) is 0 Å². The molecule has 0 aromatic heterocycles. The van der Waals surface area contributed by atoms with Crippen molar-refractivity contribution >= 4 is 27.7 Å². The van der Waals surface area contributed by atoms with Crippen LogP contribution in [0.1, 0.15) is 20.8 Å². The summed E-state index contributed by atoms with van der Waals surface area (Å²) in [5, 5.41) is 12.3. The summed E-state index contributed by atoms with van der Waals surface area (Å²) in [4.78, 5) is 11.7. The summed E-state index contributed by atoms with van der Waals surface area (Å²) in [6.45, 7) is 5.44. The van der Waals surface area contributed by atoms with Gasteiger partial charge in [-0.1, -0.05) is 28.1 Å². The lowest BCUT2D eigenvalue weighted by Gasteiger charge is -2.19. The third-order valence-corrected chi connectivity index (χ3v) is 3.20. The number of ether oxygens (including phenoxy) is 1. The van der Waals surface area contributed by atoms with E-state index in [1.165, 1.54) is 0 Å². The number of phenols is 1. The second-order valence-electron chi connectivity index (χ2n) is 5.90. The molecule has 0 aliphatic heterocycles. The zero-order chi connectivity index (χ0) is 16.3. The van der Waals surface area contributed by atoms with Crippen molar-refractivity contribution in [3.63, 3.8) is 0 Å². The summed E-state index contributed by atoms with van der Waals surface area (Å²) in [6, 6.07) is 12.5. The van der Waals surface area contributed by atoms with Gasteiger partial charge in [0, 0.05) is 10.2 Å². The quantitative estimate of drug-likeness (QED) is 0.773. The summed E-state index contributed by atoms with van der Waals surface area (Å²) >= 11 is 3.35. The van der Waals surface area contributed by atoms with E-state index >= 15 is 0 Å². The number of benzene rings is 2. The minimum absolute atomic E-state index is 0.195. The topological polar surface area (TPSA) is 58.6 Å². The average molecular weight is 364 g/mol. The maximum absolute atomic E-state index is 11.7. The van der Waals surface area contributed by atoms with Crippen molar-refractivity contribution in [1.82, 2.24) is 0 Å². The second kappa shape index (κ2) is 6.40. The van der Waals surface area contributed by atoms with Gasteiger partial charge >= 0.3 is 6.09 Å². The largest absolute Gasteiger partial charge is 0.508 e. The number of amides is 1. The minimum atomic E-state index is -0.530. The van der Waals surface area contributed by atoms with E-state index in [0.717, 1.165) is 15.6 Å². The zero-order valence-electron chi connectivity index (χ0n) is 12.7. The van der Waals surface area contributed by atoms with Gasteiger partial charge < -0.3 is 9.84 Å². The molecule has 0 spiro atoms.